The molecule has 5 heteroatoms. The highest BCUT2D eigenvalue weighted by molar-refractivity contribution is 6.13. The summed E-state index contributed by atoms with van der Waals surface area (Å²) in [7, 11) is 1.39. The molecule has 0 fully saturated rings. The Morgan fingerprint density at radius 2 is 1.92 bits per heavy atom. The minimum Gasteiger partial charge on any atom is -0.507 e. The fraction of sp³-hybridized carbons (Fsp3) is 0.316. The first-order valence-corrected chi connectivity index (χ1v) is 7.78. The summed E-state index contributed by atoms with van der Waals surface area (Å²) in [5, 5.41) is 20.5. The highest BCUT2D eigenvalue weighted by Gasteiger charge is 2.33. The van der Waals surface area contributed by atoms with Crippen molar-refractivity contribution in [3.63, 3.8) is 0 Å². The van der Waals surface area contributed by atoms with E-state index in [1.54, 1.807) is 18.2 Å². The van der Waals surface area contributed by atoms with Crippen molar-refractivity contribution < 1.29 is 24.5 Å². The predicted molar refractivity (Wildman–Crippen MR) is 89.2 cm³/mol. The molecule has 2 aromatic rings. The molecule has 24 heavy (non-hydrogen) atoms. The molecule has 2 N–H and O–H groups in total. The molecule has 1 aliphatic heterocycles. The van der Waals surface area contributed by atoms with Gasteiger partial charge in [0.15, 0.2) is 11.5 Å². The van der Waals surface area contributed by atoms with Crippen LogP contribution in [0.25, 0.3) is 0 Å². The number of phenols is 2. The van der Waals surface area contributed by atoms with Crippen molar-refractivity contribution in [2.45, 2.75) is 32.3 Å². The summed E-state index contributed by atoms with van der Waals surface area (Å²) in [5.41, 5.74) is 0.732. The summed E-state index contributed by atoms with van der Waals surface area (Å²) in [6.45, 7) is 3.89. The zero-order valence-corrected chi connectivity index (χ0v) is 13.9. The van der Waals surface area contributed by atoms with Gasteiger partial charge in [-0.15, -0.1) is 0 Å². The second-order valence-electron chi connectivity index (χ2n) is 6.50. The number of phenolic OH excluding ortho intramolecular Hbond substituents is 2. The van der Waals surface area contributed by atoms with Crippen LogP contribution < -0.4 is 9.47 Å². The number of ether oxygens (including phenoxy) is 2. The van der Waals surface area contributed by atoms with Gasteiger partial charge in [-0.3, -0.25) is 4.79 Å². The van der Waals surface area contributed by atoms with E-state index in [1.165, 1.54) is 19.2 Å². The third-order valence-corrected chi connectivity index (χ3v) is 4.26. The Morgan fingerprint density at radius 3 is 2.58 bits per heavy atom. The Morgan fingerprint density at radius 1 is 1.21 bits per heavy atom. The third-order valence-electron chi connectivity index (χ3n) is 4.26. The van der Waals surface area contributed by atoms with E-state index in [4.69, 9.17) is 9.47 Å². The first-order chi connectivity index (χ1) is 11.3. The van der Waals surface area contributed by atoms with Crippen LogP contribution in [0.5, 0.6) is 23.0 Å². The molecule has 2 aromatic carbocycles. The third kappa shape index (κ3) is 2.66. The number of aromatic hydroxyl groups is 2. The zero-order valence-electron chi connectivity index (χ0n) is 13.9. The highest BCUT2D eigenvalue weighted by Crippen LogP contribution is 2.47. The summed E-state index contributed by atoms with van der Waals surface area (Å²) in [6.07, 6.45) is 1.46. The molecular weight excluding hydrogens is 308 g/mol. The Bertz CT molecular complexity index is 808. The molecule has 3 rings (SSSR count). The summed E-state index contributed by atoms with van der Waals surface area (Å²) < 4.78 is 11.1. The first kappa shape index (κ1) is 16.2. The lowest BCUT2D eigenvalue weighted by Crippen LogP contribution is -2.32. The van der Waals surface area contributed by atoms with Gasteiger partial charge in [-0.05, 0) is 50.5 Å². The number of hydrogen-bond acceptors (Lipinski definition) is 5. The molecule has 1 aliphatic rings. The number of hydrogen-bond donors (Lipinski definition) is 2. The molecule has 0 atom stereocenters. The number of carbonyl (C=O) groups is 1. The van der Waals surface area contributed by atoms with Crippen molar-refractivity contribution in [2.75, 3.05) is 7.11 Å². The summed E-state index contributed by atoms with van der Waals surface area (Å²) >= 11 is 0. The van der Waals surface area contributed by atoms with Gasteiger partial charge < -0.3 is 19.7 Å². The van der Waals surface area contributed by atoms with Gasteiger partial charge in [-0.25, -0.2) is 0 Å². The van der Waals surface area contributed by atoms with Crippen LogP contribution in [0.1, 0.15) is 41.8 Å². The fourth-order valence-corrected chi connectivity index (χ4v) is 2.94. The SMILES string of the molecule is COc1c(C(=O)c2ccccc2O)cc2c(c1O)OC(C)(C)CC2. The minimum atomic E-state index is -0.409. The molecule has 0 aliphatic carbocycles. The number of fused-ring (bicyclic) bond motifs is 1. The number of carbonyl (C=O) groups excluding carboxylic acids is 1. The molecule has 1 heterocycles. The molecule has 0 spiro atoms. The van der Waals surface area contributed by atoms with Crippen LogP contribution in [0.3, 0.4) is 0 Å². The van der Waals surface area contributed by atoms with Crippen LogP contribution >= 0.6 is 0 Å². The van der Waals surface area contributed by atoms with Crippen molar-refractivity contribution in [3.8, 4) is 23.0 Å². The Balaban J connectivity index is 2.15. The normalized spacial score (nSPS) is 15.3. The van der Waals surface area contributed by atoms with Crippen LogP contribution in [0.15, 0.2) is 30.3 Å². The van der Waals surface area contributed by atoms with E-state index in [0.29, 0.717) is 12.2 Å². The van der Waals surface area contributed by atoms with Gasteiger partial charge in [0.05, 0.1) is 18.2 Å². The van der Waals surface area contributed by atoms with Gasteiger partial charge in [-0.1, -0.05) is 12.1 Å². The van der Waals surface area contributed by atoms with Crippen LogP contribution in [0.4, 0.5) is 0 Å². The van der Waals surface area contributed by atoms with E-state index >= 15 is 0 Å². The number of aryl methyl sites for hydroxylation is 1. The standard InChI is InChI=1S/C19H20O5/c1-19(2)9-8-11-10-13(18(23-3)16(22)17(11)24-19)15(21)12-6-4-5-7-14(12)20/h4-7,10,20,22H,8-9H2,1-3H3. The van der Waals surface area contributed by atoms with E-state index < -0.39 is 11.4 Å². The molecule has 0 bridgehead atoms. The largest absolute Gasteiger partial charge is 0.507 e. The Hall–Kier alpha value is -2.69. The van der Waals surface area contributed by atoms with E-state index in [-0.39, 0.29) is 28.4 Å². The lowest BCUT2D eigenvalue weighted by molar-refractivity contribution is 0.0797. The van der Waals surface area contributed by atoms with Crippen LogP contribution in [-0.4, -0.2) is 28.7 Å². The van der Waals surface area contributed by atoms with Crippen molar-refractivity contribution in [1.82, 2.24) is 0 Å². The van der Waals surface area contributed by atoms with E-state index in [0.717, 1.165) is 12.0 Å². The van der Waals surface area contributed by atoms with E-state index in [1.807, 2.05) is 13.8 Å². The van der Waals surface area contributed by atoms with Crippen molar-refractivity contribution in [2.24, 2.45) is 0 Å². The number of benzene rings is 2. The zero-order chi connectivity index (χ0) is 17.5. The van der Waals surface area contributed by atoms with Gasteiger partial charge in [0.25, 0.3) is 0 Å². The minimum absolute atomic E-state index is 0.0553. The quantitative estimate of drug-likeness (QED) is 0.844. The molecule has 5 nitrogen and oxygen atoms in total. The van der Waals surface area contributed by atoms with Crippen LogP contribution in [-0.2, 0) is 6.42 Å². The fourth-order valence-electron chi connectivity index (χ4n) is 2.94. The molecule has 0 saturated carbocycles. The van der Waals surface area contributed by atoms with Gasteiger partial charge >= 0.3 is 0 Å². The van der Waals surface area contributed by atoms with Gasteiger partial charge in [0.1, 0.15) is 11.4 Å². The summed E-state index contributed by atoms with van der Waals surface area (Å²) in [4.78, 5) is 12.8. The van der Waals surface area contributed by atoms with Gasteiger partial charge in [0, 0.05) is 0 Å². The maximum Gasteiger partial charge on any atom is 0.201 e. The highest BCUT2D eigenvalue weighted by atomic mass is 16.5. The maximum absolute atomic E-state index is 12.8. The Labute approximate surface area is 140 Å². The van der Waals surface area contributed by atoms with E-state index in [9.17, 15) is 15.0 Å². The molecule has 0 unspecified atom stereocenters. The molecule has 0 radical (unpaired) electrons. The Kier molecular flexibility index (Phi) is 3.87. The lowest BCUT2D eigenvalue weighted by Gasteiger charge is -2.33. The molecule has 0 saturated heterocycles. The summed E-state index contributed by atoms with van der Waals surface area (Å²) in [5.74, 6) is -0.287. The average molecular weight is 328 g/mol. The van der Waals surface area contributed by atoms with Gasteiger partial charge in [0.2, 0.25) is 11.5 Å². The van der Waals surface area contributed by atoms with Crippen LogP contribution in [0.2, 0.25) is 0 Å². The molecule has 126 valence electrons. The number of ketones is 1. The number of para-hydroxylation sites is 1. The lowest BCUT2D eigenvalue weighted by atomic mass is 9.91. The van der Waals surface area contributed by atoms with Crippen molar-refractivity contribution in [3.05, 3.63) is 47.0 Å². The molecular formula is C19H20O5. The van der Waals surface area contributed by atoms with Gasteiger partial charge in [-0.2, -0.15) is 0 Å². The van der Waals surface area contributed by atoms with E-state index in [2.05, 4.69) is 0 Å². The summed E-state index contributed by atoms with van der Waals surface area (Å²) in [6, 6.07) is 7.97. The second kappa shape index (κ2) is 5.74. The van der Waals surface area contributed by atoms with Crippen LogP contribution in [0, 0.1) is 0 Å². The maximum atomic E-state index is 12.8. The topological polar surface area (TPSA) is 76.0 Å². The monoisotopic (exact) mass is 328 g/mol. The predicted octanol–water partition coefficient (Wildman–Crippen LogP) is 3.44. The average Bonchev–Trinajstić information content (AvgIpc) is 2.54. The van der Waals surface area contributed by atoms with Crippen molar-refractivity contribution >= 4 is 5.78 Å². The second-order valence-corrected chi connectivity index (χ2v) is 6.50. The molecule has 0 aromatic heterocycles. The number of rotatable bonds is 3. The molecule has 0 amide bonds. The smallest absolute Gasteiger partial charge is 0.201 e. The number of methoxy groups -OCH3 is 1. The van der Waals surface area contributed by atoms with Crippen molar-refractivity contribution in [1.29, 1.82) is 0 Å². The first-order valence-electron chi connectivity index (χ1n) is 7.78.